The largest absolute Gasteiger partial charge is 0.382 e. The Morgan fingerprint density at radius 2 is 1.88 bits per heavy atom. The molecular formula is C13H23NO3. The van der Waals surface area contributed by atoms with E-state index in [1.54, 1.807) is 0 Å². The van der Waals surface area contributed by atoms with E-state index in [0.29, 0.717) is 32.2 Å². The molecule has 1 aliphatic rings. The van der Waals surface area contributed by atoms with Crippen LogP contribution < -0.4 is 5.32 Å². The Labute approximate surface area is 103 Å². The Morgan fingerprint density at radius 1 is 1.29 bits per heavy atom. The van der Waals surface area contributed by atoms with Crippen LogP contribution in [-0.4, -0.2) is 28.9 Å². The second-order valence-corrected chi connectivity index (χ2v) is 5.92. The number of hydrogen-bond donors (Lipinski definition) is 2. The maximum absolute atomic E-state index is 11.6. The molecule has 98 valence electrons. The van der Waals surface area contributed by atoms with Crippen molar-refractivity contribution >= 4 is 11.7 Å². The first-order chi connectivity index (χ1) is 7.76. The minimum absolute atomic E-state index is 0.00713. The van der Waals surface area contributed by atoms with Crippen LogP contribution in [-0.2, 0) is 9.59 Å². The molecule has 1 aliphatic carbocycles. The number of aliphatic hydroxyl groups is 1. The molecule has 4 heteroatoms. The van der Waals surface area contributed by atoms with E-state index >= 15 is 0 Å². The molecule has 0 atom stereocenters. The number of hydrogen-bond acceptors (Lipinski definition) is 3. The molecule has 0 heterocycles. The van der Waals surface area contributed by atoms with Crippen LogP contribution in [0.1, 0.15) is 52.9 Å². The van der Waals surface area contributed by atoms with Gasteiger partial charge >= 0.3 is 0 Å². The Balaban J connectivity index is 2.16. The molecule has 0 saturated heterocycles. The third-order valence-electron chi connectivity index (χ3n) is 3.25. The van der Waals surface area contributed by atoms with Crippen LogP contribution in [0.3, 0.4) is 0 Å². The molecule has 1 fully saturated rings. The molecule has 0 spiro atoms. The summed E-state index contributed by atoms with van der Waals surface area (Å²) < 4.78 is 0. The maximum atomic E-state index is 11.6. The number of nitrogens with one attached hydrogen (secondary N) is 1. The van der Waals surface area contributed by atoms with Gasteiger partial charge in [-0.2, -0.15) is 0 Å². The SMILES string of the molecule is CC(C)(C)C(=O)NCCCC(=O)C1(O)CCC1. The van der Waals surface area contributed by atoms with E-state index in [1.807, 2.05) is 20.8 Å². The van der Waals surface area contributed by atoms with Crippen molar-refractivity contribution in [1.82, 2.24) is 5.32 Å². The first-order valence-corrected chi connectivity index (χ1v) is 6.30. The molecule has 0 bridgehead atoms. The van der Waals surface area contributed by atoms with Gasteiger partial charge in [0.15, 0.2) is 5.78 Å². The van der Waals surface area contributed by atoms with Crippen LogP contribution in [0.4, 0.5) is 0 Å². The molecule has 0 aromatic carbocycles. The average molecular weight is 241 g/mol. The second-order valence-electron chi connectivity index (χ2n) is 5.92. The fraction of sp³-hybridized carbons (Fsp3) is 0.846. The molecule has 0 aromatic rings. The van der Waals surface area contributed by atoms with Gasteiger partial charge in [0.2, 0.25) is 5.91 Å². The number of carbonyl (C=O) groups is 2. The minimum atomic E-state index is -1.05. The van der Waals surface area contributed by atoms with E-state index in [2.05, 4.69) is 5.32 Å². The van der Waals surface area contributed by atoms with Crippen molar-refractivity contribution in [1.29, 1.82) is 0 Å². The lowest BCUT2D eigenvalue weighted by Gasteiger charge is -2.34. The summed E-state index contributed by atoms with van der Waals surface area (Å²) in [7, 11) is 0. The Bertz CT molecular complexity index is 300. The Kier molecular flexibility index (Phi) is 4.31. The fourth-order valence-electron chi connectivity index (χ4n) is 1.74. The normalized spacial score (nSPS) is 18.4. The minimum Gasteiger partial charge on any atom is -0.382 e. The summed E-state index contributed by atoms with van der Waals surface area (Å²) in [6.07, 6.45) is 3.08. The summed E-state index contributed by atoms with van der Waals surface area (Å²) in [5, 5.41) is 12.6. The maximum Gasteiger partial charge on any atom is 0.225 e. The molecule has 1 saturated carbocycles. The van der Waals surface area contributed by atoms with Crippen molar-refractivity contribution in [2.75, 3.05) is 6.54 Å². The highest BCUT2D eigenvalue weighted by Gasteiger charge is 2.40. The number of ketones is 1. The standard InChI is InChI=1S/C13H23NO3/c1-12(2,3)11(16)14-9-4-6-10(15)13(17)7-5-8-13/h17H,4-9H2,1-3H3,(H,14,16). The van der Waals surface area contributed by atoms with Gasteiger partial charge in [-0.25, -0.2) is 0 Å². The first kappa shape index (κ1) is 14.2. The number of amides is 1. The smallest absolute Gasteiger partial charge is 0.225 e. The fourth-order valence-corrected chi connectivity index (χ4v) is 1.74. The van der Waals surface area contributed by atoms with E-state index in [4.69, 9.17) is 0 Å². The average Bonchev–Trinajstić information content (AvgIpc) is 2.18. The highest BCUT2D eigenvalue weighted by Crippen LogP contribution is 2.33. The van der Waals surface area contributed by atoms with E-state index < -0.39 is 11.0 Å². The van der Waals surface area contributed by atoms with E-state index in [1.165, 1.54) is 0 Å². The molecule has 0 radical (unpaired) electrons. The van der Waals surface area contributed by atoms with Crippen molar-refractivity contribution in [3.8, 4) is 0 Å². The van der Waals surface area contributed by atoms with Gasteiger partial charge in [-0.1, -0.05) is 20.8 Å². The van der Waals surface area contributed by atoms with Crippen LogP contribution >= 0.6 is 0 Å². The number of rotatable bonds is 5. The molecule has 2 N–H and O–H groups in total. The first-order valence-electron chi connectivity index (χ1n) is 6.30. The quantitative estimate of drug-likeness (QED) is 0.715. The molecule has 0 aromatic heterocycles. The molecular weight excluding hydrogens is 218 g/mol. The number of carbonyl (C=O) groups excluding carboxylic acids is 2. The van der Waals surface area contributed by atoms with E-state index in [0.717, 1.165) is 6.42 Å². The highest BCUT2D eigenvalue weighted by atomic mass is 16.3. The predicted octanol–water partition coefficient (Wildman–Crippen LogP) is 1.41. The molecule has 0 unspecified atom stereocenters. The summed E-state index contributed by atoms with van der Waals surface area (Å²) >= 11 is 0. The summed E-state index contributed by atoms with van der Waals surface area (Å²) in [5.41, 5.74) is -1.44. The third-order valence-corrected chi connectivity index (χ3v) is 3.25. The molecule has 1 amide bonds. The molecule has 4 nitrogen and oxygen atoms in total. The topological polar surface area (TPSA) is 66.4 Å². The number of Topliss-reactive ketones (excluding diaryl/α,β-unsaturated/α-hetero) is 1. The van der Waals surface area contributed by atoms with Crippen molar-refractivity contribution in [3.63, 3.8) is 0 Å². The summed E-state index contributed by atoms with van der Waals surface area (Å²) in [6, 6.07) is 0. The Hall–Kier alpha value is -0.900. The van der Waals surface area contributed by atoms with Gasteiger partial charge in [-0.3, -0.25) is 9.59 Å². The monoisotopic (exact) mass is 241 g/mol. The van der Waals surface area contributed by atoms with Gasteiger partial charge in [0, 0.05) is 18.4 Å². The zero-order valence-electron chi connectivity index (χ0n) is 11.0. The van der Waals surface area contributed by atoms with E-state index in [9.17, 15) is 14.7 Å². The molecule has 17 heavy (non-hydrogen) atoms. The highest BCUT2D eigenvalue weighted by molar-refractivity contribution is 5.88. The zero-order valence-corrected chi connectivity index (χ0v) is 11.0. The van der Waals surface area contributed by atoms with Crippen LogP contribution in [0.2, 0.25) is 0 Å². The van der Waals surface area contributed by atoms with E-state index in [-0.39, 0.29) is 11.7 Å². The summed E-state index contributed by atoms with van der Waals surface area (Å²) in [6.45, 7) is 6.05. The molecule has 0 aliphatic heterocycles. The van der Waals surface area contributed by atoms with Crippen LogP contribution in [0.25, 0.3) is 0 Å². The Morgan fingerprint density at radius 3 is 2.29 bits per heavy atom. The molecule has 1 rings (SSSR count). The zero-order chi connectivity index (χ0) is 13.1. The van der Waals surface area contributed by atoms with Gasteiger partial charge in [0.25, 0.3) is 0 Å². The summed E-state index contributed by atoms with van der Waals surface area (Å²) in [4.78, 5) is 23.2. The van der Waals surface area contributed by atoms with Gasteiger partial charge in [0.1, 0.15) is 5.60 Å². The van der Waals surface area contributed by atoms with Crippen molar-refractivity contribution in [2.24, 2.45) is 5.41 Å². The lowest BCUT2D eigenvalue weighted by molar-refractivity contribution is -0.146. The van der Waals surface area contributed by atoms with Crippen LogP contribution in [0, 0.1) is 5.41 Å². The van der Waals surface area contributed by atoms with Crippen molar-refractivity contribution < 1.29 is 14.7 Å². The van der Waals surface area contributed by atoms with Crippen molar-refractivity contribution in [2.45, 2.75) is 58.5 Å². The third kappa shape index (κ3) is 3.80. The lowest BCUT2D eigenvalue weighted by atomic mass is 9.76. The summed E-state index contributed by atoms with van der Waals surface area (Å²) in [5.74, 6) is -0.0823. The van der Waals surface area contributed by atoms with Gasteiger partial charge < -0.3 is 10.4 Å². The van der Waals surface area contributed by atoms with Gasteiger partial charge in [-0.15, -0.1) is 0 Å². The second kappa shape index (κ2) is 5.17. The van der Waals surface area contributed by atoms with Gasteiger partial charge in [-0.05, 0) is 25.7 Å². The van der Waals surface area contributed by atoms with Crippen LogP contribution in [0.15, 0.2) is 0 Å². The van der Waals surface area contributed by atoms with Gasteiger partial charge in [0.05, 0.1) is 0 Å². The predicted molar refractivity (Wildman–Crippen MR) is 65.5 cm³/mol. The van der Waals surface area contributed by atoms with Crippen LogP contribution in [0.5, 0.6) is 0 Å². The lowest BCUT2D eigenvalue weighted by Crippen LogP contribution is -2.45. The van der Waals surface area contributed by atoms with Crippen molar-refractivity contribution in [3.05, 3.63) is 0 Å².